The van der Waals surface area contributed by atoms with E-state index < -0.39 is 10.0 Å². The molecule has 0 radical (unpaired) electrons. The molecule has 0 saturated heterocycles. The van der Waals surface area contributed by atoms with E-state index in [0.29, 0.717) is 5.52 Å². The summed E-state index contributed by atoms with van der Waals surface area (Å²) >= 11 is 11.9. The number of aromatic nitrogens is 4. The molecular weight excluding hydrogens is 375 g/mol. The van der Waals surface area contributed by atoms with Crippen molar-refractivity contribution < 1.29 is 8.42 Å². The summed E-state index contributed by atoms with van der Waals surface area (Å²) in [5, 5.41) is -0.168. The largest absolute Gasteiger partial charge is 0.397 e. The summed E-state index contributed by atoms with van der Waals surface area (Å²) in [6.07, 6.45) is 5.12. The summed E-state index contributed by atoms with van der Waals surface area (Å²) in [7, 11) is -3.87. The van der Waals surface area contributed by atoms with E-state index in [1.165, 1.54) is 24.7 Å². The standard InChI is InChI=1S/C13H10Cl2N6O2S/c1-24(22,23)21(12-7(14)6-19-13(15)20-12)11-8(16)2-3-9-10(11)18-5-4-17-9/h2-6H,16H2,1H3. The molecule has 2 aromatic heterocycles. The minimum absolute atomic E-state index is 0.00915. The first kappa shape index (κ1) is 16.6. The Morgan fingerprint density at radius 2 is 1.83 bits per heavy atom. The molecule has 11 heteroatoms. The van der Waals surface area contributed by atoms with Gasteiger partial charge in [0, 0.05) is 12.4 Å². The zero-order valence-corrected chi connectivity index (χ0v) is 14.5. The summed E-state index contributed by atoms with van der Waals surface area (Å²) in [6, 6.07) is 3.16. The van der Waals surface area contributed by atoms with Gasteiger partial charge < -0.3 is 5.73 Å². The van der Waals surface area contributed by atoms with Crippen molar-refractivity contribution in [3.63, 3.8) is 0 Å². The van der Waals surface area contributed by atoms with Gasteiger partial charge in [-0.2, -0.15) is 4.98 Å². The number of anilines is 3. The van der Waals surface area contributed by atoms with E-state index in [0.717, 1.165) is 10.6 Å². The molecule has 124 valence electrons. The number of benzene rings is 1. The van der Waals surface area contributed by atoms with Crippen molar-refractivity contribution in [1.82, 2.24) is 19.9 Å². The summed E-state index contributed by atoms with van der Waals surface area (Å²) < 4.78 is 25.8. The highest BCUT2D eigenvalue weighted by Crippen LogP contribution is 2.39. The molecule has 0 bridgehead atoms. The number of halogens is 2. The highest BCUT2D eigenvalue weighted by molar-refractivity contribution is 7.92. The highest BCUT2D eigenvalue weighted by Gasteiger charge is 2.28. The van der Waals surface area contributed by atoms with Crippen LogP contribution in [0.1, 0.15) is 0 Å². The van der Waals surface area contributed by atoms with E-state index in [1.54, 1.807) is 6.07 Å². The fourth-order valence-electron chi connectivity index (χ4n) is 2.16. The van der Waals surface area contributed by atoms with Gasteiger partial charge in [-0.15, -0.1) is 0 Å². The van der Waals surface area contributed by atoms with Crippen molar-refractivity contribution in [3.05, 3.63) is 41.0 Å². The van der Waals surface area contributed by atoms with Gasteiger partial charge in [-0.05, 0) is 23.7 Å². The lowest BCUT2D eigenvalue weighted by molar-refractivity contribution is 0.601. The van der Waals surface area contributed by atoms with Crippen LogP contribution in [-0.4, -0.2) is 34.6 Å². The van der Waals surface area contributed by atoms with Crippen LogP contribution in [-0.2, 0) is 10.0 Å². The summed E-state index contributed by atoms with van der Waals surface area (Å²) in [6.45, 7) is 0. The highest BCUT2D eigenvalue weighted by atomic mass is 35.5. The van der Waals surface area contributed by atoms with Gasteiger partial charge >= 0.3 is 0 Å². The van der Waals surface area contributed by atoms with Crippen molar-refractivity contribution in [3.8, 4) is 0 Å². The minimum Gasteiger partial charge on any atom is -0.397 e. The van der Waals surface area contributed by atoms with Gasteiger partial charge in [0.15, 0.2) is 5.82 Å². The first-order chi connectivity index (χ1) is 11.3. The number of sulfonamides is 1. The lowest BCUT2D eigenvalue weighted by Gasteiger charge is -2.24. The topological polar surface area (TPSA) is 115 Å². The van der Waals surface area contributed by atoms with Gasteiger partial charge in [0.05, 0.1) is 23.7 Å². The van der Waals surface area contributed by atoms with Crippen LogP contribution in [0.2, 0.25) is 10.3 Å². The maximum atomic E-state index is 12.5. The molecule has 0 spiro atoms. The molecule has 24 heavy (non-hydrogen) atoms. The van der Waals surface area contributed by atoms with Crippen LogP contribution in [0.15, 0.2) is 30.7 Å². The van der Waals surface area contributed by atoms with Crippen molar-refractivity contribution in [2.24, 2.45) is 0 Å². The maximum absolute atomic E-state index is 12.5. The molecule has 0 aliphatic carbocycles. The molecule has 3 aromatic rings. The average Bonchev–Trinajstić information content (AvgIpc) is 2.52. The molecular formula is C13H10Cl2N6O2S. The smallest absolute Gasteiger partial charge is 0.238 e. The Balaban J connectivity index is 2.42. The molecule has 0 fully saturated rings. The second kappa shape index (κ2) is 6.00. The van der Waals surface area contributed by atoms with Crippen molar-refractivity contribution in [2.45, 2.75) is 0 Å². The Morgan fingerprint density at radius 3 is 2.54 bits per heavy atom. The van der Waals surface area contributed by atoms with E-state index in [4.69, 9.17) is 28.9 Å². The first-order valence-electron chi connectivity index (χ1n) is 6.46. The lowest BCUT2D eigenvalue weighted by atomic mass is 10.2. The number of hydrogen-bond donors (Lipinski definition) is 1. The second-order valence-corrected chi connectivity index (χ2v) is 7.34. The maximum Gasteiger partial charge on any atom is 0.238 e. The van der Waals surface area contributed by atoms with Crippen LogP contribution >= 0.6 is 23.2 Å². The first-order valence-corrected chi connectivity index (χ1v) is 9.07. The third-order valence-corrected chi connectivity index (χ3v) is 4.54. The number of nitrogen functional groups attached to an aromatic ring is 1. The van der Waals surface area contributed by atoms with Gasteiger partial charge in [-0.25, -0.2) is 17.7 Å². The molecule has 1 aromatic carbocycles. The van der Waals surface area contributed by atoms with Crippen LogP contribution in [0.25, 0.3) is 11.0 Å². The Morgan fingerprint density at radius 1 is 1.12 bits per heavy atom. The molecule has 2 N–H and O–H groups in total. The van der Waals surface area contributed by atoms with Crippen LogP contribution < -0.4 is 10.0 Å². The van der Waals surface area contributed by atoms with Gasteiger partial charge in [-0.1, -0.05) is 11.6 Å². The average molecular weight is 385 g/mol. The van der Waals surface area contributed by atoms with E-state index in [9.17, 15) is 8.42 Å². The van der Waals surface area contributed by atoms with Gasteiger partial charge in [-0.3, -0.25) is 9.97 Å². The summed E-state index contributed by atoms with van der Waals surface area (Å²) in [4.78, 5) is 16.0. The molecule has 0 aliphatic rings. The third kappa shape index (κ3) is 2.93. The molecule has 0 atom stereocenters. The fraction of sp³-hybridized carbons (Fsp3) is 0.0769. The third-order valence-electron chi connectivity index (χ3n) is 3.07. The van der Waals surface area contributed by atoms with E-state index in [1.807, 2.05) is 0 Å². The van der Waals surface area contributed by atoms with Crippen molar-refractivity contribution in [2.75, 3.05) is 16.3 Å². The fourth-order valence-corrected chi connectivity index (χ4v) is 3.49. The molecule has 0 amide bonds. The van der Waals surface area contributed by atoms with Gasteiger partial charge in [0.25, 0.3) is 0 Å². The monoisotopic (exact) mass is 384 g/mol. The molecule has 0 saturated carbocycles. The Labute approximate surface area is 147 Å². The van der Waals surface area contributed by atoms with E-state index in [2.05, 4.69) is 19.9 Å². The quantitative estimate of drug-likeness (QED) is 0.544. The van der Waals surface area contributed by atoms with Crippen molar-refractivity contribution >= 4 is 61.5 Å². The Kier molecular flexibility index (Phi) is 4.16. The molecule has 2 heterocycles. The predicted octanol–water partition coefficient (Wildman–Crippen LogP) is 2.41. The normalized spacial score (nSPS) is 11.6. The minimum atomic E-state index is -3.87. The van der Waals surface area contributed by atoms with Crippen LogP contribution in [0.4, 0.5) is 17.2 Å². The number of rotatable bonds is 3. The SMILES string of the molecule is CS(=O)(=O)N(c1nc(Cl)ncc1Cl)c1c(N)ccc2nccnc12. The Hall–Kier alpha value is -2.23. The summed E-state index contributed by atoms with van der Waals surface area (Å²) in [5.74, 6) is -0.121. The molecule has 3 rings (SSSR count). The van der Waals surface area contributed by atoms with E-state index in [-0.39, 0.29) is 33.0 Å². The van der Waals surface area contributed by atoms with Crippen LogP contribution in [0.5, 0.6) is 0 Å². The molecule has 8 nitrogen and oxygen atoms in total. The van der Waals surface area contributed by atoms with Crippen molar-refractivity contribution in [1.29, 1.82) is 0 Å². The number of nitrogens with zero attached hydrogens (tertiary/aromatic N) is 5. The lowest BCUT2D eigenvalue weighted by Crippen LogP contribution is -2.27. The summed E-state index contributed by atoms with van der Waals surface area (Å²) in [5.41, 5.74) is 7.03. The Bertz CT molecular complexity index is 1040. The zero-order valence-electron chi connectivity index (χ0n) is 12.2. The molecule has 0 unspecified atom stereocenters. The number of hydrogen-bond acceptors (Lipinski definition) is 7. The predicted molar refractivity (Wildman–Crippen MR) is 93.0 cm³/mol. The zero-order chi connectivity index (χ0) is 17.5. The van der Waals surface area contributed by atoms with Gasteiger partial charge in [0.1, 0.15) is 16.2 Å². The van der Waals surface area contributed by atoms with Crippen LogP contribution in [0, 0.1) is 0 Å². The molecule has 0 aliphatic heterocycles. The van der Waals surface area contributed by atoms with Gasteiger partial charge in [0.2, 0.25) is 15.3 Å². The second-order valence-electron chi connectivity index (χ2n) is 4.77. The van der Waals surface area contributed by atoms with E-state index >= 15 is 0 Å². The van der Waals surface area contributed by atoms with Crippen LogP contribution in [0.3, 0.4) is 0 Å². The number of fused-ring (bicyclic) bond motifs is 1. The number of nitrogens with two attached hydrogens (primary N) is 1.